The molecule has 3 aromatic heterocycles. The van der Waals surface area contributed by atoms with Gasteiger partial charge in [0, 0.05) is 12.4 Å². The van der Waals surface area contributed by atoms with Gasteiger partial charge in [0.05, 0.1) is 9.72 Å². The Morgan fingerprint density at radius 3 is 2.86 bits per heavy atom. The van der Waals surface area contributed by atoms with Gasteiger partial charge in [-0.3, -0.25) is 14.7 Å². The number of nitrogens with zero attached hydrogens (tertiary/aromatic N) is 3. The molecule has 1 unspecified atom stereocenters. The molecule has 0 aliphatic rings. The van der Waals surface area contributed by atoms with Gasteiger partial charge in [0.15, 0.2) is 5.13 Å². The Labute approximate surface area is 140 Å². The number of nitrogens with one attached hydrogen (secondary N) is 1. The number of carbonyl (C=O) groups excluding carboxylic acids is 1. The third kappa shape index (κ3) is 2.98. The second-order valence-electron chi connectivity index (χ2n) is 4.90. The van der Waals surface area contributed by atoms with E-state index in [1.165, 1.54) is 11.3 Å². The largest absolute Gasteiger partial charge is 0.300 e. The second-order valence-corrected chi connectivity index (χ2v) is 7.12. The third-order valence-corrected chi connectivity index (χ3v) is 5.00. The fraction of sp³-hybridized carbons (Fsp3) is 0.214. The summed E-state index contributed by atoms with van der Waals surface area (Å²) in [6, 6.07) is 1.60. The maximum Gasteiger partial charge on any atom is 0.248 e. The van der Waals surface area contributed by atoms with Crippen molar-refractivity contribution >= 4 is 55.5 Å². The van der Waals surface area contributed by atoms with E-state index in [-0.39, 0.29) is 11.9 Å². The molecule has 0 fully saturated rings. The fourth-order valence-corrected chi connectivity index (χ4v) is 3.96. The molecule has 114 valence electrons. The van der Waals surface area contributed by atoms with Gasteiger partial charge >= 0.3 is 0 Å². The standard InChI is InChI=1S/C14H13ClN4OS2/c1-19(2)12(8-3-4-21-7-8)13(20)18-14-17-11-9(15)5-16-6-10(11)22-14/h3-7,12H,1-2H3,(H,17,18,20). The summed E-state index contributed by atoms with van der Waals surface area (Å²) in [5.41, 5.74) is 1.63. The number of carbonyl (C=O) groups is 1. The molecule has 5 nitrogen and oxygen atoms in total. The van der Waals surface area contributed by atoms with E-state index >= 15 is 0 Å². The zero-order chi connectivity index (χ0) is 15.7. The molecule has 3 heterocycles. The molecule has 3 aromatic rings. The van der Waals surface area contributed by atoms with Crippen molar-refractivity contribution in [2.24, 2.45) is 0 Å². The second kappa shape index (κ2) is 6.29. The van der Waals surface area contributed by atoms with E-state index in [4.69, 9.17) is 11.6 Å². The number of thiophene rings is 1. The summed E-state index contributed by atoms with van der Waals surface area (Å²) in [4.78, 5) is 22.9. The lowest BCUT2D eigenvalue weighted by atomic mass is 10.1. The molecule has 0 aliphatic heterocycles. The van der Waals surface area contributed by atoms with Crippen LogP contribution < -0.4 is 5.32 Å². The number of hydrogen-bond donors (Lipinski definition) is 1. The van der Waals surface area contributed by atoms with E-state index in [1.54, 1.807) is 23.7 Å². The first-order valence-corrected chi connectivity index (χ1v) is 8.59. The number of fused-ring (bicyclic) bond motifs is 1. The molecule has 3 rings (SSSR count). The van der Waals surface area contributed by atoms with E-state index in [1.807, 2.05) is 35.8 Å². The molecule has 0 aliphatic carbocycles. The SMILES string of the molecule is CN(C)C(C(=O)Nc1nc2c(Cl)cncc2s1)c1ccsc1. The summed E-state index contributed by atoms with van der Waals surface area (Å²) in [7, 11) is 3.75. The fourth-order valence-electron chi connectivity index (χ4n) is 2.16. The van der Waals surface area contributed by atoms with E-state index in [2.05, 4.69) is 15.3 Å². The van der Waals surface area contributed by atoms with Crippen LogP contribution in [0.15, 0.2) is 29.2 Å². The zero-order valence-corrected chi connectivity index (χ0v) is 14.3. The molecule has 1 N–H and O–H groups in total. The third-order valence-electron chi connectivity index (χ3n) is 3.11. The van der Waals surface area contributed by atoms with Crippen LogP contribution in [0.5, 0.6) is 0 Å². The Morgan fingerprint density at radius 1 is 1.41 bits per heavy atom. The van der Waals surface area contributed by atoms with Crippen molar-refractivity contribution in [1.82, 2.24) is 14.9 Å². The lowest BCUT2D eigenvalue weighted by Crippen LogP contribution is -2.31. The van der Waals surface area contributed by atoms with Crippen LogP contribution in [0.3, 0.4) is 0 Å². The van der Waals surface area contributed by atoms with Crippen molar-refractivity contribution in [3.05, 3.63) is 39.8 Å². The van der Waals surface area contributed by atoms with Crippen molar-refractivity contribution in [2.45, 2.75) is 6.04 Å². The summed E-state index contributed by atoms with van der Waals surface area (Å²) in [6.07, 6.45) is 3.24. The number of likely N-dealkylation sites (N-methyl/N-ethyl adjacent to an activating group) is 1. The molecule has 1 atom stereocenters. The topological polar surface area (TPSA) is 58.1 Å². The highest BCUT2D eigenvalue weighted by atomic mass is 35.5. The zero-order valence-electron chi connectivity index (χ0n) is 11.9. The quantitative estimate of drug-likeness (QED) is 0.778. The van der Waals surface area contributed by atoms with Crippen LogP contribution in [-0.2, 0) is 4.79 Å². The van der Waals surface area contributed by atoms with Gasteiger partial charge in [-0.15, -0.1) is 0 Å². The van der Waals surface area contributed by atoms with Gasteiger partial charge in [0.1, 0.15) is 11.6 Å². The summed E-state index contributed by atoms with van der Waals surface area (Å²) >= 11 is 8.99. The van der Waals surface area contributed by atoms with Crippen LogP contribution in [0.4, 0.5) is 5.13 Å². The van der Waals surface area contributed by atoms with Crippen LogP contribution in [0.2, 0.25) is 5.02 Å². The summed E-state index contributed by atoms with van der Waals surface area (Å²) in [5.74, 6) is -0.119. The smallest absolute Gasteiger partial charge is 0.248 e. The molecule has 0 saturated carbocycles. The molecule has 0 aromatic carbocycles. The van der Waals surface area contributed by atoms with Crippen LogP contribution in [0, 0.1) is 0 Å². The number of halogens is 1. The highest BCUT2D eigenvalue weighted by Gasteiger charge is 2.24. The van der Waals surface area contributed by atoms with Crippen LogP contribution in [0.1, 0.15) is 11.6 Å². The number of hydrogen-bond acceptors (Lipinski definition) is 6. The Morgan fingerprint density at radius 2 is 2.23 bits per heavy atom. The lowest BCUT2D eigenvalue weighted by molar-refractivity contribution is -0.120. The maximum absolute atomic E-state index is 12.6. The average Bonchev–Trinajstić information content (AvgIpc) is 3.08. The van der Waals surface area contributed by atoms with Gasteiger partial charge in [-0.2, -0.15) is 11.3 Å². The number of amides is 1. The molecule has 8 heteroatoms. The Bertz CT molecular complexity index is 800. The Balaban J connectivity index is 1.87. The van der Waals surface area contributed by atoms with E-state index in [0.717, 1.165) is 10.3 Å². The number of rotatable bonds is 4. The molecular weight excluding hydrogens is 340 g/mol. The predicted molar refractivity (Wildman–Crippen MR) is 91.8 cm³/mol. The van der Waals surface area contributed by atoms with Gasteiger partial charge < -0.3 is 5.32 Å². The lowest BCUT2D eigenvalue weighted by Gasteiger charge is -2.21. The highest BCUT2D eigenvalue weighted by molar-refractivity contribution is 7.22. The number of anilines is 1. The van der Waals surface area contributed by atoms with Gasteiger partial charge in [-0.05, 0) is 36.5 Å². The molecule has 22 heavy (non-hydrogen) atoms. The van der Waals surface area contributed by atoms with E-state index < -0.39 is 0 Å². The molecular formula is C14H13ClN4OS2. The van der Waals surface area contributed by atoms with E-state index in [9.17, 15) is 4.79 Å². The van der Waals surface area contributed by atoms with E-state index in [0.29, 0.717) is 15.7 Å². The first kappa shape index (κ1) is 15.4. The Kier molecular flexibility index (Phi) is 4.39. The molecule has 0 bridgehead atoms. The Hall–Kier alpha value is -1.54. The number of aromatic nitrogens is 2. The maximum atomic E-state index is 12.6. The molecule has 1 amide bonds. The first-order chi connectivity index (χ1) is 10.6. The molecule has 0 spiro atoms. The minimum Gasteiger partial charge on any atom is -0.300 e. The van der Waals surface area contributed by atoms with Gasteiger partial charge in [-0.25, -0.2) is 4.98 Å². The summed E-state index contributed by atoms with van der Waals surface area (Å²) < 4.78 is 0.847. The normalized spacial score (nSPS) is 12.7. The van der Waals surface area contributed by atoms with Crippen molar-refractivity contribution in [3.8, 4) is 0 Å². The monoisotopic (exact) mass is 352 g/mol. The minimum atomic E-state index is -0.355. The first-order valence-electron chi connectivity index (χ1n) is 6.45. The van der Waals surface area contributed by atoms with Crippen LogP contribution in [-0.4, -0.2) is 34.9 Å². The predicted octanol–water partition coefficient (Wildman–Crippen LogP) is 3.65. The van der Waals surface area contributed by atoms with Crippen molar-refractivity contribution in [3.63, 3.8) is 0 Å². The number of thiazole rings is 1. The van der Waals surface area contributed by atoms with Gasteiger partial charge in [-0.1, -0.05) is 22.9 Å². The molecule has 0 radical (unpaired) electrons. The van der Waals surface area contributed by atoms with Crippen LogP contribution in [0.25, 0.3) is 10.2 Å². The number of pyridine rings is 1. The highest BCUT2D eigenvalue weighted by Crippen LogP contribution is 2.31. The van der Waals surface area contributed by atoms with Crippen LogP contribution >= 0.6 is 34.3 Å². The average molecular weight is 353 g/mol. The van der Waals surface area contributed by atoms with Gasteiger partial charge in [0.2, 0.25) is 5.91 Å². The summed E-state index contributed by atoms with van der Waals surface area (Å²) in [6.45, 7) is 0. The molecule has 0 saturated heterocycles. The summed E-state index contributed by atoms with van der Waals surface area (Å²) in [5, 5.41) is 7.82. The van der Waals surface area contributed by atoms with Crippen molar-refractivity contribution in [2.75, 3.05) is 19.4 Å². The van der Waals surface area contributed by atoms with Crippen molar-refractivity contribution < 1.29 is 4.79 Å². The van der Waals surface area contributed by atoms with Crippen molar-refractivity contribution in [1.29, 1.82) is 0 Å². The van der Waals surface area contributed by atoms with Gasteiger partial charge in [0.25, 0.3) is 0 Å². The minimum absolute atomic E-state index is 0.119.